The Balaban J connectivity index is 2.37. The Bertz CT molecular complexity index is 864. The second-order valence-electron chi connectivity index (χ2n) is 4.67. The molecule has 1 amide bonds. The lowest BCUT2D eigenvalue weighted by Crippen LogP contribution is -2.31. The number of amides is 1. The van der Waals surface area contributed by atoms with Crippen LogP contribution < -0.4 is 0 Å². The zero-order valence-electron chi connectivity index (χ0n) is 12.0. The first-order chi connectivity index (χ1) is 11.0. The van der Waals surface area contributed by atoms with Crippen LogP contribution in [0.5, 0.6) is 0 Å². The Hall–Kier alpha value is -1.88. The SMILES string of the molecule is CN(Cc1ccc(Br)o1)C(=O)c1cccnc1S(=O)(=O)C(F)(F)F. The van der Waals surface area contributed by atoms with Crippen molar-refractivity contribution in [2.45, 2.75) is 17.1 Å². The average Bonchev–Trinajstić information content (AvgIpc) is 2.90. The highest BCUT2D eigenvalue weighted by molar-refractivity contribution is 9.10. The van der Waals surface area contributed by atoms with Crippen LogP contribution in [-0.4, -0.2) is 36.8 Å². The van der Waals surface area contributed by atoms with Crippen LogP contribution >= 0.6 is 15.9 Å². The van der Waals surface area contributed by atoms with Gasteiger partial charge in [-0.15, -0.1) is 0 Å². The summed E-state index contributed by atoms with van der Waals surface area (Å²) in [6.07, 6.45) is 0.874. The minimum Gasteiger partial charge on any atom is -0.452 e. The zero-order chi connectivity index (χ0) is 18.1. The molecule has 0 saturated carbocycles. The number of carbonyl (C=O) groups is 1. The van der Waals surface area contributed by atoms with Gasteiger partial charge >= 0.3 is 5.51 Å². The number of aromatic nitrogens is 1. The predicted octanol–water partition coefficient (Wildman–Crippen LogP) is 3.00. The summed E-state index contributed by atoms with van der Waals surface area (Å²) in [5, 5.41) is -1.32. The van der Waals surface area contributed by atoms with E-state index >= 15 is 0 Å². The van der Waals surface area contributed by atoms with Crippen molar-refractivity contribution in [1.29, 1.82) is 0 Å². The van der Waals surface area contributed by atoms with Crippen molar-refractivity contribution < 1.29 is 30.8 Å². The first kappa shape index (κ1) is 18.5. The average molecular weight is 427 g/mol. The zero-order valence-corrected chi connectivity index (χ0v) is 14.4. The van der Waals surface area contributed by atoms with Crippen LogP contribution in [0.3, 0.4) is 0 Å². The Kier molecular flexibility index (Phi) is 5.04. The van der Waals surface area contributed by atoms with Gasteiger partial charge in [0, 0.05) is 13.2 Å². The van der Waals surface area contributed by atoms with E-state index < -0.39 is 31.8 Å². The van der Waals surface area contributed by atoms with Crippen LogP contribution in [0.2, 0.25) is 0 Å². The summed E-state index contributed by atoms with van der Waals surface area (Å²) >= 11 is 3.08. The van der Waals surface area contributed by atoms with Gasteiger partial charge in [0.1, 0.15) is 5.76 Å². The van der Waals surface area contributed by atoms with E-state index in [0.29, 0.717) is 10.4 Å². The molecule has 11 heteroatoms. The van der Waals surface area contributed by atoms with Crippen molar-refractivity contribution in [1.82, 2.24) is 9.88 Å². The van der Waals surface area contributed by atoms with Gasteiger partial charge in [0.25, 0.3) is 15.7 Å². The number of hydrogen-bond donors (Lipinski definition) is 0. The number of rotatable bonds is 4. The number of nitrogens with zero attached hydrogens (tertiary/aromatic N) is 2. The highest BCUT2D eigenvalue weighted by Gasteiger charge is 2.49. The molecule has 0 bridgehead atoms. The van der Waals surface area contributed by atoms with Gasteiger partial charge in [-0.3, -0.25) is 4.79 Å². The molecule has 24 heavy (non-hydrogen) atoms. The number of pyridine rings is 1. The van der Waals surface area contributed by atoms with E-state index in [1.165, 1.54) is 13.1 Å². The van der Waals surface area contributed by atoms with Crippen LogP contribution in [0.25, 0.3) is 0 Å². The molecule has 0 aliphatic carbocycles. The number of carbonyl (C=O) groups excluding carboxylic acids is 1. The number of alkyl halides is 3. The molecule has 0 fully saturated rings. The van der Waals surface area contributed by atoms with E-state index in [9.17, 15) is 26.4 Å². The second-order valence-corrected chi connectivity index (χ2v) is 7.31. The molecule has 0 aliphatic rings. The van der Waals surface area contributed by atoms with Crippen molar-refractivity contribution in [2.75, 3.05) is 7.05 Å². The third-order valence-corrected chi connectivity index (χ3v) is 4.80. The van der Waals surface area contributed by atoms with Gasteiger partial charge in [0.05, 0.1) is 12.1 Å². The minimum absolute atomic E-state index is 0.0646. The molecule has 0 radical (unpaired) electrons. The molecule has 0 aromatic carbocycles. The molecule has 2 rings (SSSR count). The lowest BCUT2D eigenvalue weighted by atomic mass is 10.2. The Morgan fingerprint density at radius 2 is 2.00 bits per heavy atom. The maximum atomic E-state index is 12.7. The maximum Gasteiger partial charge on any atom is 0.503 e. The Morgan fingerprint density at radius 3 is 2.54 bits per heavy atom. The molecule has 130 valence electrons. The van der Waals surface area contributed by atoms with Gasteiger partial charge in [-0.2, -0.15) is 13.2 Å². The van der Waals surface area contributed by atoms with Gasteiger partial charge in [-0.05, 0) is 40.2 Å². The standard InChI is InChI=1S/C13H10BrF3N2O4S/c1-19(7-8-4-5-10(14)23-8)12(20)9-3-2-6-18-11(9)24(21,22)13(15,16)17/h2-6H,7H2,1H3. The van der Waals surface area contributed by atoms with Crippen molar-refractivity contribution in [3.8, 4) is 0 Å². The molecular formula is C13H10BrF3N2O4S. The van der Waals surface area contributed by atoms with Crippen LogP contribution in [0.1, 0.15) is 16.1 Å². The molecule has 0 spiro atoms. The lowest BCUT2D eigenvalue weighted by molar-refractivity contribution is -0.0438. The van der Waals surface area contributed by atoms with Crippen molar-refractivity contribution in [3.05, 3.63) is 46.5 Å². The minimum atomic E-state index is -5.74. The van der Waals surface area contributed by atoms with Crippen LogP contribution in [0.15, 0.2) is 44.6 Å². The fourth-order valence-electron chi connectivity index (χ4n) is 1.83. The molecule has 0 atom stereocenters. The van der Waals surface area contributed by atoms with E-state index in [2.05, 4.69) is 20.9 Å². The number of sulfone groups is 1. The fourth-order valence-corrected chi connectivity index (χ4v) is 3.03. The molecule has 6 nitrogen and oxygen atoms in total. The highest BCUT2D eigenvalue weighted by atomic mass is 79.9. The first-order valence-electron chi connectivity index (χ1n) is 6.30. The molecule has 2 aromatic heterocycles. The van der Waals surface area contributed by atoms with Gasteiger partial charge < -0.3 is 9.32 Å². The molecule has 0 aliphatic heterocycles. The van der Waals surface area contributed by atoms with Gasteiger partial charge in [-0.1, -0.05) is 0 Å². The van der Waals surface area contributed by atoms with E-state index in [1.807, 2.05) is 0 Å². The summed E-state index contributed by atoms with van der Waals surface area (Å²) in [4.78, 5) is 16.6. The molecule has 0 saturated heterocycles. The fraction of sp³-hybridized carbons (Fsp3) is 0.231. The number of halogens is 4. The van der Waals surface area contributed by atoms with E-state index in [0.717, 1.165) is 17.2 Å². The first-order valence-corrected chi connectivity index (χ1v) is 8.57. The van der Waals surface area contributed by atoms with Gasteiger partial charge in [0.2, 0.25) is 0 Å². The van der Waals surface area contributed by atoms with Crippen LogP contribution in [0.4, 0.5) is 13.2 Å². The highest BCUT2D eigenvalue weighted by Crippen LogP contribution is 2.31. The maximum absolute atomic E-state index is 12.7. The van der Waals surface area contributed by atoms with Crippen LogP contribution in [-0.2, 0) is 16.4 Å². The normalized spacial score (nSPS) is 12.2. The third-order valence-electron chi connectivity index (χ3n) is 2.93. The summed E-state index contributed by atoms with van der Waals surface area (Å²) in [6, 6.07) is 5.30. The third kappa shape index (κ3) is 3.61. The molecular weight excluding hydrogens is 417 g/mol. The smallest absolute Gasteiger partial charge is 0.452 e. The van der Waals surface area contributed by atoms with Crippen LogP contribution in [0, 0.1) is 0 Å². The molecule has 2 heterocycles. The number of hydrogen-bond acceptors (Lipinski definition) is 5. The molecule has 0 N–H and O–H groups in total. The monoisotopic (exact) mass is 426 g/mol. The summed E-state index contributed by atoms with van der Waals surface area (Å²) < 4.78 is 67.0. The predicted molar refractivity (Wildman–Crippen MR) is 79.7 cm³/mol. The second kappa shape index (κ2) is 6.55. The topological polar surface area (TPSA) is 80.5 Å². The number of furan rings is 1. The van der Waals surface area contributed by atoms with Crippen molar-refractivity contribution in [3.63, 3.8) is 0 Å². The van der Waals surface area contributed by atoms with E-state index in [1.54, 1.807) is 12.1 Å². The summed E-state index contributed by atoms with van der Waals surface area (Å²) in [5.41, 5.74) is -6.22. The Morgan fingerprint density at radius 1 is 1.33 bits per heavy atom. The van der Waals surface area contributed by atoms with Crippen molar-refractivity contribution >= 4 is 31.7 Å². The summed E-state index contributed by atoms with van der Waals surface area (Å²) in [7, 11) is -4.44. The Labute approximate surface area is 143 Å². The summed E-state index contributed by atoms with van der Waals surface area (Å²) in [6.45, 7) is -0.0646. The summed E-state index contributed by atoms with van der Waals surface area (Å²) in [5.74, 6) is -0.569. The largest absolute Gasteiger partial charge is 0.503 e. The quantitative estimate of drug-likeness (QED) is 0.750. The van der Waals surface area contributed by atoms with Crippen molar-refractivity contribution in [2.24, 2.45) is 0 Å². The molecule has 0 unspecified atom stereocenters. The van der Waals surface area contributed by atoms with E-state index in [4.69, 9.17) is 4.42 Å². The molecule has 2 aromatic rings. The van der Waals surface area contributed by atoms with Gasteiger partial charge in [-0.25, -0.2) is 13.4 Å². The van der Waals surface area contributed by atoms with E-state index in [-0.39, 0.29) is 6.54 Å². The lowest BCUT2D eigenvalue weighted by Gasteiger charge is -2.18. The van der Waals surface area contributed by atoms with Gasteiger partial charge in [0.15, 0.2) is 9.70 Å².